The van der Waals surface area contributed by atoms with Crippen LogP contribution < -0.4 is 5.32 Å². The standard InChI is InChI=1S/C15H13BrFN3/c16-12-3-4-14(17)10(6-12)7-18-8-11-9-20-15-13(11)2-1-5-19-15/h1-6,9,18H,7-8H2,(H,19,20). The van der Waals surface area contributed by atoms with E-state index in [1.54, 1.807) is 18.3 Å². The molecule has 0 radical (unpaired) electrons. The second-order valence-corrected chi connectivity index (χ2v) is 5.47. The lowest BCUT2D eigenvalue weighted by Gasteiger charge is -2.06. The second-order valence-electron chi connectivity index (χ2n) is 4.55. The van der Waals surface area contributed by atoms with Gasteiger partial charge in [0.1, 0.15) is 11.5 Å². The van der Waals surface area contributed by atoms with Gasteiger partial charge in [-0.1, -0.05) is 15.9 Å². The molecule has 0 unspecified atom stereocenters. The number of hydrogen-bond donors (Lipinski definition) is 2. The van der Waals surface area contributed by atoms with Crippen LogP contribution in [0, 0.1) is 5.82 Å². The Balaban J connectivity index is 1.69. The summed E-state index contributed by atoms with van der Waals surface area (Å²) in [6.07, 6.45) is 3.69. The molecule has 1 aromatic carbocycles. The van der Waals surface area contributed by atoms with Gasteiger partial charge in [-0.15, -0.1) is 0 Å². The van der Waals surface area contributed by atoms with Gasteiger partial charge in [-0.25, -0.2) is 9.37 Å². The lowest BCUT2D eigenvalue weighted by molar-refractivity contribution is 0.588. The van der Waals surface area contributed by atoms with Gasteiger partial charge in [0.2, 0.25) is 0 Å². The molecule has 3 nitrogen and oxygen atoms in total. The molecule has 0 atom stereocenters. The predicted molar refractivity (Wildman–Crippen MR) is 80.7 cm³/mol. The summed E-state index contributed by atoms with van der Waals surface area (Å²) >= 11 is 3.35. The van der Waals surface area contributed by atoms with Gasteiger partial charge < -0.3 is 10.3 Å². The highest BCUT2D eigenvalue weighted by Crippen LogP contribution is 2.17. The van der Waals surface area contributed by atoms with Crippen LogP contribution in [0.5, 0.6) is 0 Å². The van der Waals surface area contributed by atoms with Crippen molar-refractivity contribution in [3.8, 4) is 0 Å². The number of halogens is 2. The first kappa shape index (κ1) is 13.3. The molecular formula is C15H13BrFN3. The number of nitrogens with zero attached hydrogens (tertiary/aromatic N) is 1. The van der Waals surface area contributed by atoms with Crippen molar-refractivity contribution in [3.63, 3.8) is 0 Å². The summed E-state index contributed by atoms with van der Waals surface area (Å²) in [5.74, 6) is -0.193. The smallest absolute Gasteiger partial charge is 0.137 e. The first-order valence-electron chi connectivity index (χ1n) is 6.29. The summed E-state index contributed by atoms with van der Waals surface area (Å²) in [5, 5.41) is 4.35. The van der Waals surface area contributed by atoms with E-state index >= 15 is 0 Å². The zero-order valence-electron chi connectivity index (χ0n) is 10.7. The molecule has 0 bridgehead atoms. The van der Waals surface area contributed by atoms with Gasteiger partial charge in [0.05, 0.1) is 0 Å². The van der Waals surface area contributed by atoms with Crippen molar-refractivity contribution in [2.75, 3.05) is 0 Å². The molecule has 0 saturated carbocycles. The van der Waals surface area contributed by atoms with Crippen LogP contribution in [0.25, 0.3) is 11.0 Å². The normalized spacial score (nSPS) is 11.1. The van der Waals surface area contributed by atoms with Crippen molar-refractivity contribution in [2.45, 2.75) is 13.1 Å². The molecular weight excluding hydrogens is 321 g/mol. The third-order valence-electron chi connectivity index (χ3n) is 3.18. The lowest BCUT2D eigenvalue weighted by atomic mass is 10.2. The molecule has 0 amide bonds. The number of nitrogens with one attached hydrogen (secondary N) is 2. The van der Waals surface area contributed by atoms with Gasteiger partial charge in [0.15, 0.2) is 0 Å². The molecule has 3 rings (SSSR count). The molecule has 20 heavy (non-hydrogen) atoms. The molecule has 0 spiro atoms. The van der Waals surface area contributed by atoms with Crippen molar-refractivity contribution in [1.29, 1.82) is 0 Å². The minimum Gasteiger partial charge on any atom is -0.346 e. The number of H-pyrrole nitrogens is 1. The molecule has 0 aliphatic rings. The fraction of sp³-hybridized carbons (Fsp3) is 0.133. The van der Waals surface area contributed by atoms with Crippen molar-refractivity contribution in [2.24, 2.45) is 0 Å². The highest BCUT2D eigenvalue weighted by molar-refractivity contribution is 9.10. The van der Waals surface area contributed by atoms with Gasteiger partial charge >= 0.3 is 0 Å². The Kier molecular flexibility index (Phi) is 3.80. The monoisotopic (exact) mass is 333 g/mol. The van der Waals surface area contributed by atoms with Crippen LogP contribution in [0.15, 0.2) is 47.2 Å². The summed E-state index contributed by atoms with van der Waals surface area (Å²) in [6, 6.07) is 8.89. The van der Waals surface area contributed by atoms with E-state index in [0.717, 1.165) is 21.1 Å². The molecule has 0 aliphatic heterocycles. The summed E-state index contributed by atoms with van der Waals surface area (Å²) < 4.78 is 14.5. The van der Waals surface area contributed by atoms with Crippen molar-refractivity contribution < 1.29 is 4.39 Å². The predicted octanol–water partition coefficient (Wildman–Crippen LogP) is 3.75. The zero-order chi connectivity index (χ0) is 13.9. The van der Waals surface area contributed by atoms with E-state index in [9.17, 15) is 4.39 Å². The van der Waals surface area contributed by atoms with E-state index < -0.39 is 0 Å². The van der Waals surface area contributed by atoms with E-state index in [0.29, 0.717) is 18.7 Å². The Hall–Kier alpha value is -1.72. The van der Waals surface area contributed by atoms with E-state index in [4.69, 9.17) is 0 Å². The van der Waals surface area contributed by atoms with Crippen LogP contribution >= 0.6 is 15.9 Å². The van der Waals surface area contributed by atoms with Gasteiger partial charge in [-0.2, -0.15) is 0 Å². The maximum Gasteiger partial charge on any atom is 0.137 e. The zero-order valence-corrected chi connectivity index (χ0v) is 12.2. The Labute approximate surface area is 124 Å². The van der Waals surface area contributed by atoms with Gasteiger partial charge in [0, 0.05) is 40.9 Å². The Bertz CT molecular complexity index is 739. The van der Waals surface area contributed by atoms with Crippen LogP contribution in [0.1, 0.15) is 11.1 Å². The average molecular weight is 334 g/mol. The SMILES string of the molecule is Fc1ccc(Br)cc1CNCc1c[nH]c2ncccc12. The number of aromatic nitrogens is 2. The quantitative estimate of drug-likeness (QED) is 0.763. The molecule has 2 heterocycles. The molecule has 0 saturated heterocycles. The molecule has 5 heteroatoms. The van der Waals surface area contributed by atoms with E-state index in [-0.39, 0.29) is 5.82 Å². The fourth-order valence-electron chi connectivity index (χ4n) is 2.17. The van der Waals surface area contributed by atoms with Crippen molar-refractivity contribution in [3.05, 3.63) is 64.1 Å². The minimum atomic E-state index is -0.193. The van der Waals surface area contributed by atoms with Crippen molar-refractivity contribution >= 4 is 27.0 Å². The summed E-state index contributed by atoms with van der Waals surface area (Å²) in [7, 11) is 0. The summed E-state index contributed by atoms with van der Waals surface area (Å²) in [6.45, 7) is 1.15. The van der Waals surface area contributed by atoms with Crippen LogP contribution in [0.3, 0.4) is 0 Å². The number of benzene rings is 1. The summed E-state index contributed by atoms with van der Waals surface area (Å²) in [4.78, 5) is 7.37. The molecule has 3 aromatic rings. The highest BCUT2D eigenvalue weighted by Gasteiger charge is 2.05. The molecule has 0 fully saturated rings. The first-order valence-corrected chi connectivity index (χ1v) is 7.09. The van der Waals surface area contributed by atoms with Crippen LogP contribution in [0.2, 0.25) is 0 Å². The van der Waals surface area contributed by atoms with Crippen LogP contribution in [0.4, 0.5) is 4.39 Å². The number of pyridine rings is 1. The fourth-order valence-corrected chi connectivity index (χ4v) is 2.58. The lowest BCUT2D eigenvalue weighted by Crippen LogP contribution is -2.13. The number of rotatable bonds is 4. The third kappa shape index (κ3) is 2.73. The van der Waals surface area contributed by atoms with E-state index in [1.807, 2.05) is 18.3 Å². The van der Waals surface area contributed by atoms with E-state index in [1.165, 1.54) is 6.07 Å². The van der Waals surface area contributed by atoms with E-state index in [2.05, 4.69) is 31.2 Å². The molecule has 2 N–H and O–H groups in total. The molecule has 2 aromatic heterocycles. The van der Waals surface area contributed by atoms with Gasteiger partial charge in [-0.05, 0) is 35.9 Å². The largest absolute Gasteiger partial charge is 0.346 e. The number of fused-ring (bicyclic) bond motifs is 1. The number of aromatic amines is 1. The van der Waals surface area contributed by atoms with Gasteiger partial charge in [0.25, 0.3) is 0 Å². The maximum atomic E-state index is 13.6. The highest BCUT2D eigenvalue weighted by atomic mass is 79.9. The topological polar surface area (TPSA) is 40.7 Å². The Morgan fingerprint density at radius 2 is 2.05 bits per heavy atom. The number of hydrogen-bond acceptors (Lipinski definition) is 2. The molecule has 102 valence electrons. The van der Waals surface area contributed by atoms with Crippen LogP contribution in [-0.4, -0.2) is 9.97 Å². The maximum absolute atomic E-state index is 13.6. The van der Waals surface area contributed by atoms with Crippen molar-refractivity contribution in [1.82, 2.24) is 15.3 Å². The third-order valence-corrected chi connectivity index (χ3v) is 3.67. The summed E-state index contributed by atoms with van der Waals surface area (Å²) in [5.41, 5.74) is 2.65. The minimum absolute atomic E-state index is 0.193. The first-order chi connectivity index (χ1) is 9.74. The Morgan fingerprint density at radius 3 is 2.95 bits per heavy atom. The van der Waals surface area contributed by atoms with Gasteiger partial charge in [-0.3, -0.25) is 0 Å². The second kappa shape index (κ2) is 5.73. The Morgan fingerprint density at radius 1 is 1.20 bits per heavy atom. The molecule has 0 aliphatic carbocycles. The van der Waals surface area contributed by atoms with Crippen LogP contribution in [-0.2, 0) is 13.1 Å². The average Bonchev–Trinajstić information content (AvgIpc) is 2.86.